The number of aryl methyl sites for hydroxylation is 2. The Morgan fingerprint density at radius 3 is 2.67 bits per heavy atom. The maximum absolute atomic E-state index is 11.8. The summed E-state index contributed by atoms with van der Waals surface area (Å²) in [5, 5.41) is 12.1. The van der Waals surface area contributed by atoms with E-state index < -0.39 is 0 Å². The van der Waals surface area contributed by atoms with Crippen LogP contribution in [0.3, 0.4) is 0 Å². The molecule has 0 bridgehead atoms. The summed E-state index contributed by atoms with van der Waals surface area (Å²) in [6.07, 6.45) is 0. The molecular weight excluding hydrogens is 328 g/mol. The minimum Gasteiger partial charge on any atom is -0.273 e. The van der Waals surface area contributed by atoms with E-state index in [-0.39, 0.29) is 23.5 Å². The molecule has 128 valence electrons. The van der Waals surface area contributed by atoms with E-state index in [2.05, 4.69) is 26.4 Å². The summed E-state index contributed by atoms with van der Waals surface area (Å²) in [6, 6.07) is 5.96. The van der Waals surface area contributed by atoms with Gasteiger partial charge in [-0.15, -0.1) is 5.10 Å². The largest absolute Gasteiger partial charge is 0.273 e. The first kappa shape index (κ1) is 17.9. The van der Waals surface area contributed by atoms with Crippen molar-refractivity contribution < 1.29 is 9.59 Å². The molecule has 1 heterocycles. The Morgan fingerprint density at radius 2 is 2.00 bits per heavy atom. The normalized spacial score (nSPS) is 10.7. The zero-order valence-corrected chi connectivity index (χ0v) is 14.8. The van der Waals surface area contributed by atoms with E-state index in [0.717, 1.165) is 16.8 Å². The molecule has 8 nitrogen and oxygen atoms in total. The number of rotatable bonds is 5. The van der Waals surface area contributed by atoms with Crippen molar-refractivity contribution in [2.45, 2.75) is 32.9 Å². The number of benzene rings is 1. The van der Waals surface area contributed by atoms with Gasteiger partial charge in [-0.3, -0.25) is 20.4 Å². The fraction of sp³-hybridized carbons (Fsp3) is 0.400. The van der Waals surface area contributed by atoms with Gasteiger partial charge in [0.15, 0.2) is 0 Å². The molecule has 9 heteroatoms. The Morgan fingerprint density at radius 1 is 1.25 bits per heavy atom. The summed E-state index contributed by atoms with van der Waals surface area (Å²) in [7, 11) is 0. The molecule has 0 aliphatic heterocycles. The molecule has 2 aromatic rings. The number of aromatic nitrogens is 4. The van der Waals surface area contributed by atoms with Crippen molar-refractivity contribution in [3.63, 3.8) is 0 Å². The van der Waals surface area contributed by atoms with Crippen LogP contribution < -0.4 is 10.9 Å². The summed E-state index contributed by atoms with van der Waals surface area (Å²) < 4.78 is 1.60. The van der Waals surface area contributed by atoms with E-state index in [0.29, 0.717) is 5.16 Å². The first-order valence-corrected chi connectivity index (χ1v) is 8.44. The molecule has 0 spiro atoms. The number of carbonyl (C=O) groups excluding carboxylic acids is 2. The molecule has 0 unspecified atom stereocenters. The summed E-state index contributed by atoms with van der Waals surface area (Å²) in [5.74, 6) is -0.684. The second kappa shape index (κ2) is 7.91. The molecule has 0 atom stereocenters. The van der Waals surface area contributed by atoms with Gasteiger partial charge in [-0.25, -0.2) is 0 Å². The van der Waals surface area contributed by atoms with Crippen molar-refractivity contribution in [3.05, 3.63) is 29.3 Å². The van der Waals surface area contributed by atoms with Crippen LogP contribution in [0.5, 0.6) is 0 Å². The third-order valence-corrected chi connectivity index (χ3v) is 4.12. The summed E-state index contributed by atoms with van der Waals surface area (Å²) in [6.45, 7) is 7.48. The molecule has 0 aliphatic carbocycles. The standard InChI is InChI=1S/C15H20N6O2S/c1-9(2)14(23)17-16-13(22)8-24-15-18-19-20-21(15)12-6-5-10(3)7-11(12)4/h5-7,9H,8H2,1-4H3,(H,16,22)(H,17,23). The van der Waals surface area contributed by atoms with Crippen molar-refractivity contribution in [2.24, 2.45) is 5.92 Å². The van der Waals surface area contributed by atoms with Crippen LogP contribution in [0.15, 0.2) is 23.4 Å². The Bertz CT molecular complexity index is 743. The van der Waals surface area contributed by atoms with Crippen molar-refractivity contribution in [1.82, 2.24) is 31.1 Å². The second-order valence-electron chi connectivity index (χ2n) is 5.64. The predicted molar refractivity (Wildman–Crippen MR) is 90.5 cm³/mol. The molecular formula is C15H20N6O2S. The van der Waals surface area contributed by atoms with Gasteiger partial charge in [0.25, 0.3) is 0 Å². The number of amides is 2. The number of thioether (sulfide) groups is 1. The van der Waals surface area contributed by atoms with Crippen molar-refractivity contribution in [1.29, 1.82) is 0 Å². The van der Waals surface area contributed by atoms with Crippen molar-refractivity contribution in [2.75, 3.05) is 5.75 Å². The van der Waals surface area contributed by atoms with E-state index in [4.69, 9.17) is 0 Å². The van der Waals surface area contributed by atoms with Gasteiger partial charge in [-0.1, -0.05) is 43.3 Å². The minimum atomic E-state index is -0.329. The van der Waals surface area contributed by atoms with Gasteiger partial charge >= 0.3 is 0 Å². The topological polar surface area (TPSA) is 102 Å². The highest BCUT2D eigenvalue weighted by Crippen LogP contribution is 2.21. The minimum absolute atomic E-state index is 0.0870. The molecule has 2 amide bonds. The highest BCUT2D eigenvalue weighted by Gasteiger charge is 2.14. The van der Waals surface area contributed by atoms with Gasteiger partial charge < -0.3 is 0 Å². The maximum Gasteiger partial charge on any atom is 0.248 e. The third-order valence-electron chi connectivity index (χ3n) is 3.20. The molecule has 24 heavy (non-hydrogen) atoms. The lowest BCUT2D eigenvalue weighted by Crippen LogP contribution is -2.44. The Labute approximate surface area is 144 Å². The van der Waals surface area contributed by atoms with Crippen LogP contribution >= 0.6 is 11.8 Å². The van der Waals surface area contributed by atoms with Crippen LogP contribution in [-0.2, 0) is 9.59 Å². The van der Waals surface area contributed by atoms with Crippen LogP contribution in [0, 0.1) is 19.8 Å². The quantitative estimate of drug-likeness (QED) is 0.621. The van der Waals surface area contributed by atoms with E-state index >= 15 is 0 Å². The summed E-state index contributed by atoms with van der Waals surface area (Å²) in [4.78, 5) is 23.2. The lowest BCUT2D eigenvalue weighted by Gasteiger charge is -2.10. The molecule has 0 saturated carbocycles. The molecule has 0 aliphatic rings. The summed E-state index contributed by atoms with van der Waals surface area (Å²) in [5.41, 5.74) is 7.78. The Hall–Kier alpha value is -2.42. The number of hydrogen-bond donors (Lipinski definition) is 2. The fourth-order valence-corrected chi connectivity index (χ4v) is 2.59. The van der Waals surface area contributed by atoms with Crippen molar-refractivity contribution in [3.8, 4) is 5.69 Å². The number of nitrogens with one attached hydrogen (secondary N) is 2. The number of hydrazine groups is 1. The molecule has 0 fully saturated rings. The second-order valence-corrected chi connectivity index (χ2v) is 6.59. The van der Waals surface area contributed by atoms with Crippen LogP contribution in [-0.4, -0.2) is 37.8 Å². The zero-order chi connectivity index (χ0) is 17.7. The van der Waals surface area contributed by atoms with Crippen LogP contribution in [0.25, 0.3) is 5.69 Å². The van der Waals surface area contributed by atoms with Crippen LogP contribution in [0.2, 0.25) is 0 Å². The lowest BCUT2D eigenvalue weighted by atomic mass is 10.1. The Balaban J connectivity index is 1.98. The van der Waals surface area contributed by atoms with E-state index in [1.807, 2.05) is 32.0 Å². The number of carbonyl (C=O) groups is 2. The van der Waals surface area contributed by atoms with Crippen molar-refractivity contribution >= 4 is 23.6 Å². The predicted octanol–water partition coefficient (Wildman–Crippen LogP) is 1.17. The third kappa shape index (κ3) is 4.54. The average molecular weight is 348 g/mol. The zero-order valence-electron chi connectivity index (χ0n) is 14.0. The summed E-state index contributed by atoms with van der Waals surface area (Å²) >= 11 is 1.19. The van der Waals surface area contributed by atoms with Crippen LogP contribution in [0.1, 0.15) is 25.0 Å². The smallest absolute Gasteiger partial charge is 0.248 e. The van der Waals surface area contributed by atoms with Gasteiger partial charge in [-0.05, 0) is 35.9 Å². The molecule has 2 N–H and O–H groups in total. The van der Waals surface area contributed by atoms with Gasteiger partial charge in [0.1, 0.15) is 0 Å². The number of tetrazole rings is 1. The monoisotopic (exact) mass is 348 g/mol. The first-order valence-electron chi connectivity index (χ1n) is 7.46. The SMILES string of the molecule is Cc1ccc(-n2nnnc2SCC(=O)NNC(=O)C(C)C)c(C)c1. The van der Waals surface area contributed by atoms with E-state index in [9.17, 15) is 9.59 Å². The van der Waals surface area contributed by atoms with E-state index in [1.54, 1.807) is 18.5 Å². The average Bonchev–Trinajstić information content (AvgIpc) is 2.98. The van der Waals surface area contributed by atoms with Gasteiger partial charge in [0.05, 0.1) is 11.4 Å². The maximum atomic E-state index is 11.8. The Kier molecular flexibility index (Phi) is 5.91. The highest BCUT2D eigenvalue weighted by atomic mass is 32.2. The first-order chi connectivity index (χ1) is 11.4. The van der Waals surface area contributed by atoms with Crippen LogP contribution in [0.4, 0.5) is 0 Å². The molecule has 0 radical (unpaired) electrons. The molecule has 2 rings (SSSR count). The van der Waals surface area contributed by atoms with Gasteiger partial charge in [-0.2, -0.15) is 4.68 Å². The van der Waals surface area contributed by atoms with Gasteiger partial charge in [0.2, 0.25) is 17.0 Å². The molecule has 1 aromatic carbocycles. The van der Waals surface area contributed by atoms with E-state index in [1.165, 1.54) is 11.8 Å². The van der Waals surface area contributed by atoms with Gasteiger partial charge in [0, 0.05) is 5.92 Å². The molecule has 1 aromatic heterocycles. The fourth-order valence-electron chi connectivity index (χ4n) is 1.90. The highest BCUT2D eigenvalue weighted by molar-refractivity contribution is 7.99. The lowest BCUT2D eigenvalue weighted by molar-refractivity contribution is -0.129. The molecule has 0 saturated heterocycles. The number of nitrogens with zero attached hydrogens (tertiary/aromatic N) is 4. The number of hydrogen-bond acceptors (Lipinski definition) is 6.